The van der Waals surface area contributed by atoms with E-state index in [1.807, 2.05) is 0 Å². The largest absolute Gasteiger partial charge is 0.378 e. The molecule has 0 spiro atoms. The van der Waals surface area contributed by atoms with Crippen molar-refractivity contribution >= 4 is 50.7 Å². The van der Waals surface area contributed by atoms with Crippen LogP contribution in [0, 0.1) is 0 Å². The highest BCUT2D eigenvalue weighted by Gasteiger charge is 2.38. The number of thiazole rings is 1. The van der Waals surface area contributed by atoms with Gasteiger partial charge >= 0.3 is 0 Å². The third-order valence-corrected chi connectivity index (χ3v) is 8.63. The van der Waals surface area contributed by atoms with Crippen molar-refractivity contribution in [2.75, 3.05) is 65.3 Å². The first-order valence-electron chi connectivity index (χ1n) is 12.6. The van der Waals surface area contributed by atoms with Gasteiger partial charge in [0, 0.05) is 25.3 Å². The molecule has 2 aromatic rings. The molecule has 1 fully saturated rings. The number of rotatable bonds is 13. The van der Waals surface area contributed by atoms with Gasteiger partial charge in [-0.15, -0.1) is 11.3 Å². The summed E-state index contributed by atoms with van der Waals surface area (Å²) in [5.41, 5.74) is 3.29. The Morgan fingerprint density at radius 1 is 1.12 bits per heavy atom. The Kier molecular flexibility index (Phi) is 11.7. The highest BCUT2D eigenvalue weighted by Crippen LogP contribution is 2.23. The second-order valence-electron chi connectivity index (χ2n) is 9.26. The molecule has 3 rings (SSSR count). The van der Waals surface area contributed by atoms with Gasteiger partial charge in [-0.1, -0.05) is 0 Å². The van der Waals surface area contributed by atoms with E-state index in [2.05, 4.69) is 15.6 Å². The molecule has 1 atom stereocenters. The first kappa shape index (κ1) is 32.0. The molecule has 2 heterocycles. The third-order valence-electron chi connectivity index (χ3n) is 5.99. The Hall–Kier alpha value is -3.48. The van der Waals surface area contributed by atoms with Crippen LogP contribution in [0.25, 0.3) is 0 Å². The SMILES string of the molecule is CN(C)CC(=O)NCCC(C(=O)NO)N(CC(=O)N1CCOCC1)S(=O)(=O)c1ccc(NC(=O)c2cncs2)cc1. The fourth-order valence-corrected chi connectivity index (χ4v) is 6.03. The number of hydroxylamine groups is 1. The number of sulfonamides is 1. The molecule has 1 aliphatic rings. The first-order chi connectivity index (χ1) is 19.5. The van der Waals surface area contributed by atoms with E-state index < -0.39 is 40.3 Å². The number of carbonyl (C=O) groups excluding carboxylic acids is 4. The number of hydrogen-bond acceptors (Lipinski definition) is 11. The molecule has 17 heteroatoms. The number of anilines is 1. The Bertz CT molecular complexity index is 1300. The normalized spacial score (nSPS) is 14.5. The van der Waals surface area contributed by atoms with Crippen LogP contribution in [0.1, 0.15) is 16.1 Å². The maximum atomic E-state index is 13.9. The maximum Gasteiger partial charge on any atom is 0.267 e. The van der Waals surface area contributed by atoms with Gasteiger partial charge in [0.15, 0.2) is 0 Å². The van der Waals surface area contributed by atoms with Crippen molar-refractivity contribution in [2.24, 2.45) is 0 Å². The number of carbonyl (C=O) groups is 4. The molecule has 1 unspecified atom stereocenters. The number of nitrogens with one attached hydrogen (secondary N) is 3. The minimum Gasteiger partial charge on any atom is -0.378 e. The molecule has 1 saturated heterocycles. The van der Waals surface area contributed by atoms with Crippen LogP contribution >= 0.6 is 11.3 Å². The predicted molar refractivity (Wildman–Crippen MR) is 148 cm³/mol. The van der Waals surface area contributed by atoms with E-state index in [4.69, 9.17) is 4.74 Å². The van der Waals surface area contributed by atoms with Gasteiger partial charge in [0.25, 0.3) is 11.8 Å². The second kappa shape index (κ2) is 14.9. The summed E-state index contributed by atoms with van der Waals surface area (Å²) in [6.07, 6.45) is 1.17. The van der Waals surface area contributed by atoms with Gasteiger partial charge < -0.3 is 25.2 Å². The molecule has 0 bridgehead atoms. The summed E-state index contributed by atoms with van der Waals surface area (Å²) in [5.74, 6) is -2.40. The Balaban J connectivity index is 1.87. The van der Waals surface area contributed by atoms with E-state index in [1.165, 1.54) is 46.4 Å². The van der Waals surface area contributed by atoms with Crippen molar-refractivity contribution in [3.8, 4) is 0 Å². The molecule has 41 heavy (non-hydrogen) atoms. The molecule has 1 aromatic heterocycles. The van der Waals surface area contributed by atoms with Gasteiger partial charge in [-0.3, -0.25) is 29.4 Å². The smallest absolute Gasteiger partial charge is 0.267 e. The average molecular weight is 612 g/mol. The van der Waals surface area contributed by atoms with Crippen LogP contribution in [0.15, 0.2) is 40.9 Å². The van der Waals surface area contributed by atoms with Crippen LogP contribution in [-0.4, -0.2) is 122 Å². The fourth-order valence-electron chi connectivity index (χ4n) is 3.95. The summed E-state index contributed by atoms with van der Waals surface area (Å²) in [5, 5.41) is 14.7. The maximum absolute atomic E-state index is 13.9. The average Bonchev–Trinajstić information content (AvgIpc) is 3.50. The van der Waals surface area contributed by atoms with Crippen molar-refractivity contribution < 1.29 is 37.5 Å². The first-order valence-corrected chi connectivity index (χ1v) is 14.9. The predicted octanol–water partition coefficient (Wildman–Crippen LogP) is -0.813. The number of aromatic nitrogens is 1. The number of nitrogens with zero attached hydrogens (tertiary/aromatic N) is 4. The van der Waals surface area contributed by atoms with Crippen molar-refractivity contribution in [1.29, 1.82) is 0 Å². The van der Waals surface area contributed by atoms with E-state index in [1.54, 1.807) is 19.0 Å². The number of morpholine rings is 1. The Morgan fingerprint density at radius 3 is 2.39 bits per heavy atom. The molecule has 0 aliphatic carbocycles. The fraction of sp³-hybridized carbons (Fsp3) is 0.458. The van der Waals surface area contributed by atoms with Gasteiger partial charge in [0.05, 0.1) is 42.9 Å². The van der Waals surface area contributed by atoms with Gasteiger partial charge in [-0.05, 0) is 44.8 Å². The van der Waals surface area contributed by atoms with E-state index in [9.17, 15) is 32.8 Å². The van der Waals surface area contributed by atoms with Gasteiger partial charge in [-0.25, -0.2) is 13.9 Å². The number of ether oxygens (including phenoxy) is 1. The molecule has 4 N–H and O–H groups in total. The number of benzene rings is 1. The minimum absolute atomic E-state index is 0.0697. The summed E-state index contributed by atoms with van der Waals surface area (Å²) in [6.45, 7) is 0.329. The van der Waals surface area contributed by atoms with Gasteiger partial charge in [0.2, 0.25) is 21.8 Å². The van der Waals surface area contributed by atoms with Crippen LogP contribution in [0.5, 0.6) is 0 Å². The van der Waals surface area contributed by atoms with Crippen LogP contribution in [-0.2, 0) is 29.1 Å². The number of likely N-dealkylation sites (N-methyl/N-ethyl adjacent to an activating group) is 1. The van der Waals surface area contributed by atoms with Crippen molar-refractivity contribution in [3.63, 3.8) is 0 Å². The van der Waals surface area contributed by atoms with Crippen LogP contribution in [0.3, 0.4) is 0 Å². The van der Waals surface area contributed by atoms with Gasteiger partial charge in [0.1, 0.15) is 10.9 Å². The Morgan fingerprint density at radius 2 is 1.80 bits per heavy atom. The minimum atomic E-state index is -4.51. The number of hydrogen-bond donors (Lipinski definition) is 4. The second-order valence-corrected chi connectivity index (χ2v) is 12.0. The summed E-state index contributed by atoms with van der Waals surface area (Å²) < 4.78 is 33.7. The topological polar surface area (TPSA) is 191 Å². The lowest BCUT2D eigenvalue weighted by atomic mass is 10.2. The molecule has 1 aromatic carbocycles. The molecule has 1 aliphatic heterocycles. The molecule has 4 amide bonds. The Labute approximate surface area is 241 Å². The molecule has 224 valence electrons. The molecule has 0 radical (unpaired) electrons. The molecule has 15 nitrogen and oxygen atoms in total. The molecular weight excluding hydrogens is 578 g/mol. The number of amides is 4. The van der Waals surface area contributed by atoms with E-state index >= 15 is 0 Å². The van der Waals surface area contributed by atoms with E-state index in [-0.39, 0.29) is 56.6 Å². The highest BCUT2D eigenvalue weighted by atomic mass is 32.2. The zero-order valence-corrected chi connectivity index (χ0v) is 24.2. The lowest BCUT2D eigenvalue weighted by Crippen LogP contribution is -2.54. The van der Waals surface area contributed by atoms with Gasteiger partial charge in [-0.2, -0.15) is 4.31 Å². The molecular formula is C24H33N7O8S2. The van der Waals surface area contributed by atoms with Crippen LogP contribution < -0.4 is 16.1 Å². The highest BCUT2D eigenvalue weighted by molar-refractivity contribution is 7.89. The van der Waals surface area contributed by atoms with Crippen LogP contribution in [0.4, 0.5) is 5.69 Å². The molecule has 0 saturated carbocycles. The summed E-state index contributed by atoms with van der Waals surface area (Å²) in [4.78, 5) is 57.3. The lowest BCUT2D eigenvalue weighted by molar-refractivity contribution is -0.138. The summed E-state index contributed by atoms with van der Waals surface area (Å²) in [7, 11) is -1.11. The van der Waals surface area contributed by atoms with Crippen molar-refractivity contribution in [3.05, 3.63) is 40.8 Å². The third kappa shape index (κ3) is 9.00. The summed E-state index contributed by atoms with van der Waals surface area (Å²) >= 11 is 1.14. The quantitative estimate of drug-likeness (QED) is 0.165. The zero-order chi connectivity index (χ0) is 30.0. The van der Waals surface area contributed by atoms with E-state index in [0.717, 1.165) is 11.3 Å². The van der Waals surface area contributed by atoms with Crippen molar-refractivity contribution in [2.45, 2.75) is 17.4 Å². The lowest BCUT2D eigenvalue weighted by Gasteiger charge is -2.33. The standard InChI is InChI=1S/C24H33N7O8S2/c1-29(2)14-21(32)26-8-7-19(23(34)28-36)31(15-22(33)30-9-11-39-12-10-30)41(37,38)18-5-3-17(4-6-18)27-24(35)20-13-25-16-40-20/h3-6,13,16,19,36H,7-12,14-15H2,1-2H3,(H,26,32)(H,27,35)(H,28,34). The summed E-state index contributed by atoms with van der Waals surface area (Å²) in [6, 6.07) is 3.67. The van der Waals surface area contributed by atoms with E-state index in [0.29, 0.717) is 14.9 Å². The van der Waals surface area contributed by atoms with Crippen LogP contribution in [0.2, 0.25) is 0 Å². The monoisotopic (exact) mass is 611 g/mol. The van der Waals surface area contributed by atoms with Crippen molar-refractivity contribution in [1.82, 2.24) is 29.9 Å². The zero-order valence-electron chi connectivity index (χ0n) is 22.6.